The molecule has 2 aliphatic heterocycles. The van der Waals surface area contributed by atoms with Crippen LogP contribution in [-0.4, -0.2) is 12.8 Å². The van der Waals surface area contributed by atoms with Crippen LogP contribution in [0.2, 0.25) is 0 Å². The molecule has 3 rings (SSSR count). The van der Waals surface area contributed by atoms with E-state index < -0.39 is 0 Å². The molecule has 0 aliphatic carbocycles. The Morgan fingerprint density at radius 2 is 1.93 bits per heavy atom. The van der Waals surface area contributed by atoms with Crippen LogP contribution in [0.5, 0.6) is 11.5 Å². The van der Waals surface area contributed by atoms with Crippen LogP contribution in [0.3, 0.4) is 0 Å². The van der Waals surface area contributed by atoms with Crippen molar-refractivity contribution in [2.45, 2.75) is 25.9 Å². The number of nitrogens with one attached hydrogen (secondary N) is 1. The van der Waals surface area contributed by atoms with Gasteiger partial charge in [-0.2, -0.15) is 0 Å². The van der Waals surface area contributed by atoms with Gasteiger partial charge in [0, 0.05) is 12.6 Å². The predicted molar refractivity (Wildman–Crippen MR) is 52.6 cm³/mol. The van der Waals surface area contributed by atoms with Crippen molar-refractivity contribution in [1.29, 1.82) is 0 Å². The van der Waals surface area contributed by atoms with Crippen molar-refractivity contribution in [2.75, 3.05) is 6.79 Å². The lowest BCUT2D eigenvalue weighted by molar-refractivity contribution is 0.174. The second kappa shape index (κ2) is 2.89. The van der Waals surface area contributed by atoms with Gasteiger partial charge in [0.25, 0.3) is 0 Å². The van der Waals surface area contributed by atoms with E-state index in [-0.39, 0.29) is 0 Å². The number of rotatable bonds is 0. The van der Waals surface area contributed by atoms with Crippen LogP contribution in [0, 0.1) is 0 Å². The monoisotopic (exact) mass is 191 g/mol. The predicted octanol–water partition coefficient (Wildman–Crippen LogP) is 1.45. The number of benzene rings is 1. The first kappa shape index (κ1) is 8.12. The van der Waals surface area contributed by atoms with E-state index in [0.29, 0.717) is 12.8 Å². The fourth-order valence-electron chi connectivity index (χ4n) is 2.07. The Bertz CT molecular complexity index is 376. The normalized spacial score (nSPS) is 23.4. The molecule has 0 spiro atoms. The average molecular weight is 191 g/mol. The molecule has 0 aromatic heterocycles. The molecular formula is C11H13NO2. The number of ether oxygens (including phenoxy) is 2. The zero-order valence-corrected chi connectivity index (χ0v) is 8.17. The SMILES string of the molecule is CC1Cc2cc3c(cc2CN1)OCO3. The molecule has 0 fully saturated rings. The quantitative estimate of drug-likeness (QED) is 0.673. The van der Waals surface area contributed by atoms with Crippen LogP contribution in [0.1, 0.15) is 18.1 Å². The molecule has 3 heteroatoms. The molecule has 2 heterocycles. The zero-order valence-electron chi connectivity index (χ0n) is 8.17. The smallest absolute Gasteiger partial charge is 0.231 e. The van der Waals surface area contributed by atoms with Crippen molar-refractivity contribution in [2.24, 2.45) is 0 Å². The molecule has 14 heavy (non-hydrogen) atoms. The molecule has 1 atom stereocenters. The summed E-state index contributed by atoms with van der Waals surface area (Å²) in [6.07, 6.45) is 1.08. The third-order valence-corrected chi connectivity index (χ3v) is 2.86. The van der Waals surface area contributed by atoms with E-state index in [2.05, 4.69) is 24.4 Å². The number of hydrogen-bond acceptors (Lipinski definition) is 3. The molecule has 0 amide bonds. The topological polar surface area (TPSA) is 30.5 Å². The molecule has 0 saturated heterocycles. The van der Waals surface area contributed by atoms with Crippen molar-refractivity contribution >= 4 is 0 Å². The Kier molecular flexibility index (Phi) is 1.67. The molecule has 1 aromatic carbocycles. The van der Waals surface area contributed by atoms with Gasteiger partial charge in [-0.15, -0.1) is 0 Å². The van der Waals surface area contributed by atoms with Gasteiger partial charge in [0.1, 0.15) is 0 Å². The molecule has 0 radical (unpaired) electrons. The zero-order chi connectivity index (χ0) is 9.54. The van der Waals surface area contributed by atoms with Crippen molar-refractivity contribution in [3.63, 3.8) is 0 Å². The van der Waals surface area contributed by atoms with E-state index in [1.54, 1.807) is 0 Å². The molecule has 0 saturated carbocycles. The molecule has 2 aliphatic rings. The third kappa shape index (κ3) is 1.16. The van der Waals surface area contributed by atoms with E-state index in [0.717, 1.165) is 24.5 Å². The summed E-state index contributed by atoms with van der Waals surface area (Å²) < 4.78 is 10.7. The first-order valence-electron chi connectivity index (χ1n) is 4.98. The summed E-state index contributed by atoms with van der Waals surface area (Å²) in [6.45, 7) is 3.50. The molecule has 3 nitrogen and oxygen atoms in total. The molecule has 1 aromatic rings. The average Bonchev–Trinajstić information content (AvgIpc) is 2.61. The standard InChI is InChI=1S/C11H13NO2/c1-7-2-8-3-10-11(14-6-13-10)4-9(8)5-12-7/h3-4,7,12H,2,5-6H2,1H3. The first-order valence-corrected chi connectivity index (χ1v) is 4.98. The van der Waals surface area contributed by atoms with Gasteiger partial charge in [0.15, 0.2) is 11.5 Å². The summed E-state index contributed by atoms with van der Waals surface area (Å²) in [6, 6.07) is 4.77. The van der Waals surface area contributed by atoms with E-state index in [4.69, 9.17) is 9.47 Å². The Morgan fingerprint density at radius 3 is 2.71 bits per heavy atom. The first-order chi connectivity index (χ1) is 6.83. The van der Waals surface area contributed by atoms with Crippen molar-refractivity contribution in [3.8, 4) is 11.5 Å². The molecule has 0 bridgehead atoms. The lowest BCUT2D eigenvalue weighted by atomic mass is 9.96. The summed E-state index contributed by atoms with van der Waals surface area (Å²) >= 11 is 0. The largest absolute Gasteiger partial charge is 0.454 e. The fraction of sp³-hybridized carbons (Fsp3) is 0.455. The van der Waals surface area contributed by atoms with Gasteiger partial charge in [0.05, 0.1) is 0 Å². The highest BCUT2D eigenvalue weighted by Gasteiger charge is 2.20. The van der Waals surface area contributed by atoms with E-state index >= 15 is 0 Å². The minimum Gasteiger partial charge on any atom is -0.454 e. The van der Waals surface area contributed by atoms with E-state index in [1.807, 2.05) is 0 Å². The van der Waals surface area contributed by atoms with Crippen LogP contribution in [0.25, 0.3) is 0 Å². The van der Waals surface area contributed by atoms with Crippen LogP contribution in [0.15, 0.2) is 12.1 Å². The highest BCUT2D eigenvalue weighted by molar-refractivity contribution is 5.49. The second-order valence-corrected chi connectivity index (χ2v) is 3.96. The van der Waals surface area contributed by atoms with Gasteiger partial charge in [-0.05, 0) is 36.6 Å². The summed E-state index contributed by atoms with van der Waals surface area (Å²) in [7, 11) is 0. The number of fused-ring (bicyclic) bond motifs is 2. The van der Waals surface area contributed by atoms with Crippen LogP contribution >= 0.6 is 0 Å². The summed E-state index contributed by atoms with van der Waals surface area (Å²) in [4.78, 5) is 0. The van der Waals surface area contributed by atoms with Crippen LogP contribution in [-0.2, 0) is 13.0 Å². The minimum absolute atomic E-state index is 0.362. The highest BCUT2D eigenvalue weighted by atomic mass is 16.7. The number of hydrogen-bond donors (Lipinski definition) is 1. The van der Waals surface area contributed by atoms with Gasteiger partial charge < -0.3 is 14.8 Å². The van der Waals surface area contributed by atoms with Gasteiger partial charge >= 0.3 is 0 Å². The Balaban J connectivity index is 2.06. The van der Waals surface area contributed by atoms with E-state index in [1.165, 1.54) is 11.1 Å². The molecular weight excluding hydrogens is 178 g/mol. The van der Waals surface area contributed by atoms with Gasteiger partial charge in [-0.1, -0.05) is 0 Å². The van der Waals surface area contributed by atoms with Crippen LogP contribution in [0.4, 0.5) is 0 Å². The summed E-state index contributed by atoms with van der Waals surface area (Å²) in [5.74, 6) is 1.79. The van der Waals surface area contributed by atoms with Crippen molar-refractivity contribution in [1.82, 2.24) is 5.32 Å². The Hall–Kier alpha value is -1.22. The Morgan fingerprint density at radius 1 is 1.21 bits per heavy atom. The molecule has 74 valence electrons. The third-order valence-electron chi connectivity index (χ3n) is 2.86. The maximum absolute atomic E-state index is 5.36. The van der Waals surface area contributed by atoms with Crippen molar-refractivity contribution in [3.05, 3.63) is 23.3 Å². The lowest BCUT2D eigenvalue weighted by Crippen LogP contribution is -2.32. The highest BCUT2D eigenvalue weighted by Crippen LogP contribution is 2.36. The Labute approximate surface area is 83.0 Å². The van der Waals surface area contributed by atoms with E-state index in [9.17, 15) is 0 Å². The van der Waals surface area contributed by atoms with Gasteiger partial charge in [-0.25, -0.2) is 0 Å². The van der Waals surface area contributed by atoms with Crippen LogP contribution < -0.4 is 14.8 Å². The van der Waals surface area contributed by atoms with Gasteiger partial charge in [0.2, 0.25) is 6.79 Å². The van der Waals surface area contributed by atoms with Gasteiger partial charge in [-0.3, -0.25) is 0 Å². The minimum atomic E-state index is 0.362. The summed E-state index contributed by atoms with van der Waals surface area (Å²) in [5.41, 5.74) is 2.73. The maximum Gasteiger partial charge on any atom is 0.231 e. The van der Waals surface area contributed by atoms with Crippen molar-refractivity contribution < 1.29 is 9.47 Å². The fourth-order valence-corrected chi connectivity index (χ4v) is 2.07. The molecule has 1 unspecified atom stereocenters. The lowest BCUT2D eigenvalue weighted by Gasteiger charge is -2.23. The second-order valence-electron chi connectivity index (χ2n) is 3.96. The maximum atomic E-state index is 5.36. The molecule has 1 N–H and O–H groups in total. The summed E-state index contributed by atoms with van der Waals surface area (Å²) in [5, 5.41) is 3.43.